The third-order valence-electron chi connectivity index (χ3n) is 6.89. The summed E-state index contributed by atoms with van der Waals surface area (Å²) in [5, 5.41) is 15.3. The van der Waals surface area contributed by atoms with E-state index in [9.17, 15) is 14.7 Å². The molecule has 37 heavy (non-hydrogen) atoms. The number of benzene rings is 2. The van der Waals surface area contributed by atoms with Crippen LogP contribution in [-0.2, 0) is 29.0 Å². The fourth-order valence-electron chi connectivity index (χ4n) is 4.99. The number of carboxylic acids is 1. The SMILES string of the molecule is CCC1Cc2[nH]c(C(=O)O)c(C)c2/C(=N\OCc2cccc(C(=O)OC)c2)C1Cc1ccc(Cl)c(Cl)c1. The monoisotopic (exact) mass is 542 g/mol. The van der Waals surface area contributed by atoms with E-state index in [0.717, 1.165) is 28.8 Å². The van der Waals surface area contributed by atoms with Gasteiger partial charge in [0.2, 0.25) is 0 Å². The largest absolute Gasteiger partial charge is 0.477 e. The molecule has 0 fully saturated rings. The lowest BCUT2D eigenvalue weighted by molar-refractivity contribution is 0.0599. The van der Waals surface area contributed by atoms with Crippen molar-refractivity contribution in [2.75, 3.05) is 7.11 Å². The number of H-pyrrole nitrogens is 1. The summed E-state index contributed by atoms with van der Waals surface area (Å²) in [6.07, 6.45) is 2.21. The molecule has 194 valence electrons. The van der Waals surface area contributed by atoms with Crippen molar-refractivity contribution in [3.63, 3.8) is 0 Å². The van der Waals surface area contributed by atoms with Crippen LogP contribution in [0.4, 0.5) is 0 Å². The number of esters is 1. The van der Waals surface area contributed by atoms with Crippen LogP contribution in [0.25, 0.3) is 0 Å². The van der Waals surface area contributed by atoms with Gasteiger partial charge in [0, 0.05) is 17.2 Å². The number of carboxylic acid groups (broad SMARTS) is 1. The van der Waals surface area contributed by atoms with E-state index in [1.165, 1.54) is 7.11 Å². The second kappa shape index (κ2) is 11.4. The predicted molar refractivity (Wildman–Crippen MR) is 143 cm³/mol. The van der Waals surface area contributed by atoms with E-state index in [1.807, 2.05) is 18.2 Å². The van der Waals surface area contributed by atoms with E-state index >= 15 is 0 Å². The molecule has 0 amide bonds. The second-order valence-electron chi connectivity index (χ2n) is 9.16. The number of carbonyl (C=O) groups is 2. The van der Waals surface area contributed by atoms with Gasteiger partial charge in [-0.15, -0.1) is 0 Å². The van der Waals surface area contributed by atoms with E-state index in [-0.39, 0.29) is 24.1 Å². The summed E-state index contributed by atoms with van der Waals surface area (Å²) in [7, 11) is 1.33. The van der Waals surface area contributed by atoms with Crippen LogP contribution in [0.15, 0.2) is 47.6 Å². The lowest BCUT2D eigenvalue weighted by Crippen LogP contribution is -2.34. The first-order valence-corrected chi connectivity index (χ1v) is 12.7. The Morgan fingerprint density at radius 2 is 1.92 bits per heavy atom. The van der Waals surface area contributed by atoms with Crippen LogP contribution in [0.5, 0.6) is 0 Å². The van der Waals surface area contributed by atoms with E-state index in [4.69, 9.17) is 32.8 Å². The van der Waals surface area contributed by atoms with Crippen molar-refractivity contribution in [2.45, 2.75) is 39.7 Å². The number of hydrogen-bond acceptors (Lipinski definition) is 5. The fourth-order valence-corrected chi connectivity index (χ4v) is 5.31. The van der Waals surface area contributed by atoms with Crippen LogP contribution in [0.1, 0.15) is 62.1 Å². The molecule has 7 nitrogen and oxygen atoms in total. The Balaban J connectivity index is 1.72. The minimum Gasteiger partial charge on any atom is -0.477 e. The maximum atomic E-state index is 11.9. The summed E-state index contributed by atoms with van der Waals surface area (Å²) in [4.78, 5) is 32.7. The Morgan fingerprint density at radius 1 is 1.14 bits per heavy atom. The zero-order valence-electron chi connectivity index (χ0n) is 20.8. The highest BCUT2D eigenvalue weighted by atomic mass is 35.5. The number of nitrogens with zero attached hydrogens (tertiary/aromatic N) is 1. The molecule has 1 heterocycles. The van der Waals surface area contributed by atoms with Crippen molar-refractivity contribution >= 4 is 40.9 Å². The normalized spacial score (nSPS) is 17.9. The molecule has 2 atom stereocenters. The molecule has 0 bridgehead atoms. The molecule has 0 radical (unpaired) electrons. The molecular formula is C28H28Cl2N2O5. The first-order chi connectivity index (χ1) is 17.7. The molecule has 1 aromatic heterocycles. The Bertz CT molecular complexity index is 1360. The number of hydrogen-bond donors (Lipinski definition) is 2. The maximum Gasteiger partial charge on any atom is 0.352 e. The van der Waals surface area contributed by atoms with E-state index in [0.29, 0.717) is 39.7 Å². The summed E-state index contributed by atoms with van der Waals surface area (Å²) < 4.78 is 4.80. The van der Waals surface area contributed by atoms with Gasteiger partial charge in [0.1, 0.15) is 12.3 Å². The molecule has 0 saturated heterocycles. The Morgan fingerprint density at radius 3 is 2.59 bits per heavy atom. The summed E-state index contributed by atoms with van der Waals surface area (Å²) in [5.41, 5.74) is 5.31. The second-order valence-corrected chi connectivity index (χ2v) is 9.97. The summed E-state index contributed by atoms with van der Waals surface area (Å²) in [6.45, 7) is 4.04. The number of methoxy groups -OCH3 is 1. The average Bonchev–Trinajstić information content (AvgIpc) is 3.22. The van der Waals surface area contributed by atoms with Crippen molar-refractivity contribution in [1.82, 2.24) is 4.98 Å². The first-order valence-electron chi connectivity index (χ1n) is 12.0. The molecule has 1 aliphatic rings. The van der Waals surface area contributed by atoms with Crippen LogP contribution in [-0.4, -0.2) is 34.9 Å². The summed E-state index contributed by atoms with van der Waals surface area (Å²) in [6, 6.07) is 12.5. The van der Waals surface area contributed by atoms with Crippen molar-refractivity contribution in [1.29, 1.82) is 0 Å². The van der Waals surface area contributed by atoms with Gasteiger partial charge in [-0.2, -0.15) is 0 Å². The van der Waals surface area contributed by atoms with Gasteiger partial charge in [-0.05, 0) is 66.6 Å². The van der Waals surface area contributed by atoms with Crippen LogP contribution < -0.4 is 0 Å². The van der Waals surface area contributed by atoms with Crippen molar-refractivity contribution in [2.24, 2.45) is 17.0 Å². The van der Waals surface area contributed by atoms with Crippen LogP contribution in [0.3, 0.4) is 0 Å². The van der Waals surface area contributed by atoms with Crippen molar-refractivity contribution in [3.05, 3.63) is 91.7 Å². The lowest BCUT2D eigenvalue weighted by Gasteiger charge is -2.32. The van der Waals surface area contributed by atoms with Crippen LogP contribution in [0, 0.1) is 18.8 Å². The molecule has 1 aliphatic carbocycles. The molecule has 2 unspecified atom stereocenters. The van der Waals surface area contributed by atoms with Crippen LogP contribution in [0.2, 0.25) is 10.0 Å². The first kappa shape index (κ1) is 26.8. The Labute approximate surface area is 225 Å². The van der Waals surface area contributed by atoms with Gasteiger partial charge in [-0.1, -0.05) is 59.9 Å². The molecule has 0 aliphatic heterocycles. The molecule has 3 aromatic rings. The zero-order chi connectivity index (χ0) is 26.7. The van der Waals surface area contributed by atoms with Gasteiger partial charge < -0.3 is 19.7 Å². The molecule has 0 saturated carbocycles. The average molecular weight is 543 g/mol. The number of halogens is 2. The number of rotatable bonds is 8. The quantitative estimate of drug-likeness (QED) is 0.250. The fraction of sp³-hybridized carbons (Fsp3) is 0.321. The number of oxime groups is 1. The predicted octanol–water partition coefficient (Wildman–Crippen LogP) is 6.48. The lowest BCUT2D eigenvalue weighted by atomic mass is 9.72. The third kappa shape index (κ3) is 5.68. The van der Waals surface area contributed by atoms with Crippen LogP contribution >= 0.6 is 23.2 Å². The van der Waals surface area contributed by atoms with Gasteiger partial charge >= 0.3 is 11.9 Å². The van der Waals surface area contributed by atoms with E-state index < -0.39 is 11.9 Å². The Kier molecular flexibility index (Phi) is 8.25. The zero-order valence-corrected chi connectivity index (χ0v) is 22.3. The number of aromatic amines is 1. The number of ether oxygens (including phenoxy) is 1. The molecule has 4 rings (SSSR count). The van der Waals surface area contributed by atoms with E-state index in [1.54, 1.807) is 31.2 Å². The highest BCUT2D eigenvalue weighted by molar-refractivity contribution is 6.42. The summed E-state index contributed by atoms with van der Waals surface area (Å²) in [5.74, 6) is -1.28. The molecule has 2 aromatic carbocycles. The van der Waals surface area contributed by atoms with Gasteiger partial charge in [0.25, 0.3) is 0 Å². The molecule has 0 spiro atoms. The number of aromatic nitrogens is 1. The highest BCUT2D eigenvalue weighted by Gasteiger charge is 2.37. The molecule has 2 N–H and O–H groups in total. The van der Waals surface area contributed by atoms with Gasteiger partial charge in [-0.3, -0.25) is 0 Å². The minimum atomic E-state index is -1.01. The number of nitrogens with one attached hydrogen (secondary N) is 1. The molecular weight excluding hydrogens is 515 g/mol. The Hall–Kier alpha value is -3.29. The smallest absolute Gasteiger partial charge is 0.352 e. The van der Waals surface area contributed by atoms with Gasteiger partial charge in [-0.25, -0.2) is 9.59 Å². The maximum absolute atomic E-state index is 11.9. The van der Waals surface area contributed by atoms with Crippen molar-refractivity contribution in [3.8, 4) is 0 Å². The van der Waals surface area contributed by atoms with Crippen molar-refractivity contribution < 1.29 is 24.3 Å². The number of carbonyl (C=O) groups excluding carboxylic acids is 1. The topological polar surface area (TPSA) is 101 Å². The third-order valence-corrected chi connectivity index (χ3v) is 7.63. The highest BCUT2D eigenvalue weighted by Crippen LogP contribution is 2.38. The molecule has 9 heteroatoms. The standard InChI is InChI=1S/C28H28Cl2N2O5/c1-4-18-13-23-24(15(2)25(31-23)27(33)34)26(20(18)11-16-8-9-21(29)22(30)12-16)32-37-14-17-6-5-7-19(10-17)28(35)36-3/h5-10,12,18,20,31H,4,11,13-14H2,1-3H3,(H,33,34)/b32-26-. The summed E-state index contributed by atoms with van der Waals surface area (Å²) >= 11 is 12.4. The van der Waals surface area contributed by atoms with Gasteiger partial charge in [0.05, 0.1) is 28.4 Å². The van der Waals surface area contributed by atoms with E-state index in [2.05, 4.69) is 17.1 Å². The number of fused-ring (bicyclic) bond motifs is 1. The van der Waals surface area contributed by atoms with Gasteiger partial charge in [0.15, 0.2) is 0 Å². The number of aromatic carboxylic acids is 1. The minimum absolute atomic E-state index is 0.0349.